The van der Waals surface area contributed by atoms with Gasteiger partial charge < -0.3 is 10.4 Å². The second-order valence-corrected chi connectivity index (χ2v) is 8.50. The molecule has 0 heterocycles. The van der Waals surface area contributed by atoms with E-state index >= 15 is 0 Å². The first kappa shape index (κ1) is 20.7. The smallest absolute Gasteiger partial charge is 0.228 e. The highest BCUT2D eigenvalue weighted by molar-refractivity contribution is 5.84. The monoisotopic (exact) mass is 387 g/mol. The number of hydrogen-bond acceptors (Lipinski definition) is 2. The van der Waals surface area contributed by atoms with Crippen molar-refractivity contribution in [3.63, 3.8) is 0 Å². The quantitative estimate of drug-likeness (QED) is 0.600. The number of aromatic hydroxyl groups is 1. The molecule has 0 radical (unpaired) electrons. The van der Waals surface area contributed by atoms with Gasteiger partial charge in [-0.1, -0.05) is 87.5 Å². The molecule has 3 aromatic rings. The number of phenols is 1. The molecular formula is C26H29NO2. The molecule has 0 aliphatic heterocycles. The van der Waals surface area contributed by atoms with Crippen LogP contribution in [0.4, 0.5) is 0 Å². The molecule has 1 unspecified atom stereocenters. The van der Waals surface area contributed by atoms with Crippen LogP contribution < -0.4 is 5.32 Å². The Bertz CT molecular complexity index is 923. The van der Waals surface area contributed by atoms with Gasteiger partial charge in [0.15, 0.2) is 0 Å². The SMILES string of the molecule is CC(C)(C)c1ccc(CNC(=O)C(Cc2ccc(O)cc2)c2ccccc2)cc1. The lowest BCUT2D eigenvalue weighted by atomic mass is 9.87. The maximum Gasteiger partial charge on any atom is 0.228 e. The molecule has 2 N–H and O–H groups in total. The van der Waals surface area contributed by atoms with Gasteiger partial charge in [0.2, 0.25) is 5.91 Å². The number of carbonyl (C=O) groups excluding carboxylic acids is 1. The molecule has 0 saturated heterocycles. The molecule has 150 valence electrons. The van der Waals surface area contributed by atoms with Crippen LogP contribution in [-0.4, -0.2) is 11.0 Å². The van der Waals surface area contributed by atoms with Gasteiger partial charge in [0.25, 0.3) is 0 Å². The number of nitrogens with one attached hydrogen (secondary N) is 1. The van der Waals surface area contributed by atoms with Gasteiger partial charge in [-0.05, 0) is 46.2 Å². The Morgan fingerprint density at radius 1 is 0.862 bits per heavy atom. The van der Waals surface area contributed by atoms with Crippen molar-refractivity contribution in [1.29, 1.82) is 0 Å². The molecule has 3 rings (SSSR count). The second-order valence-electron chi connectivity index (χ2n) is 8.50. The van der Waals surface area contributed by atoms with Crippen LogP contribution in [0.15, 0.2) is 78.9 Å². The molecule has 0 fully saturated rings. The molecule has 3 aromatic carbocycles. The van der Waals surface area contributed by atoms with Gasteiger partial charge in [-0.25, -0.2) is 0 Å². The van der Waals surface area contributed by atoms with Crippen LogP contribution in [0.2, 0.25) is 0 Å². The molecule has 3 heteroatoms. The summed E-state index contributed by atoms with van der Waals surface area (Å²) in [4.78, 5) is 13.1. The molecule has 0 aliphatic carbocycles. The first-order valence-corrected chi connectivity index (χ1v) is 10.0. The van der Waals surface area contributed by atoms with Crippen molar-refractivity contribution in [2.45, 2.75) is 45.1 Å². The zero-order valence-corrected chi connectivity index (χ0v) is 17.4. The number of hydrogen-bond donors (Lipinski definition) is 2. The van der Waals surface area contributed by atoms with Crippen molar-refractivity contribution >= 4 is 5.91 Å². The lowest BCUT2D eigenvalue weighted by Gasteiger charge is -2.20. The van der Waals surface area contributed by atoms with E-state index in [1.54, 1.807) is 12.1 Å². The van der Waals surface area contributed by atoms with Crippen LogP contribution in [0.25, 0.3) is 0 Å². The van der Waals surface area contributed by atoms with E-state index < -0.39 is 0 Å². The van der Waals surface area contributed by atoms with Crippen molar-refractivity contribution in [1.82, 2.24) is 5.32 Å². The average molecular weight is 388 g/mol. The van der Waals surface area contributed by atoms with Gasteiger partial charge in [0.05, 0.1) is 5.92 Å². The summed E-state index contributed by atoms with van der Waals surface area (Å²) in [6.45, 7) is 7.08. The minimum absolute atomic E-state index is 0.00386. The molecule has 3 nitrogen and oxygen atoms in total. The Kier molecular flexibility index (Phi) is 6.38. The summed E-state index contributed by atoms with van der Waals surface area (Å²) in [7, 11) is 0. The summed E-state index contributed by atoms with van der Waals surface area (Å²) in [6, 6.07) is 25.3. The molecule has 0 spiro atoms. The topological polar surface area (TPSA) is 49.3 Å². The number of phenolic OH excluding ortho intramolecular Hbond substituents is 1. The summed E-state index contributed by atoms with van der Waals surface area (Å²) in [5, 5.41) is 12.6. The first-order chi connectivity index (χ1) is 13.8. The molecule has 0 aliphatic rings. The van der Waals surface area contributed by atoms with Gasteiger partial charge >= 0.3 is 0 Å². The summed E-state index contributed by atoms with van der Waals surface area (Å²) in [5.41, 5.74) is 4.48. The van der Waals surface area contributed by atoms with E-state index in [2.05, 4.69) is 50.4 Å². The largest absolute Gasteiger partial charge is 0.508 e. The standard InChI is InChI=1S/C26H29NO2/c1-26(2,3)22-13-9-20(10-14-22)18-27-25(29)24(21-7-5-4-6-8-21)17-19-11-15-23(28)16-12-19/h4-16,24,28H,17-18H2,1-3H3,(H,27,29). The van der Waals surface area contributed by atoms with Crippen molar-refractivity contribution < 1.29 is 9.90 Å². The number of carbonyl (C=O) groups is 1. The molecule has 0 bridgehead atoms. The third kappa shape index (κ3) is 5.71. The highest BCUT2D eigenvalue weighted by Gasteiger charge is 2.21. The minimum atomic E-state index is -0.283. The van der Waals surface area contributed by atoms with E-state index in [0.29, 0.717) is 13.0 Å². The van der Waals surface area contributed by atoms with E-state index in [1.165, 1.54) is 5.56 Å². The van der Waals surface area contributed by atoms with Gasteiger partial charge in [-0.3, -0.25) is 4.79 Å². The van der Waals surface area contributed by atoms with Crippen LogP contribution in [-0.2, 0) is 23.2 Å². The minimum Gasteiger partial charge on any atom is -0.508 e. The molecule has 29 heavy (non-hydrogen) atoms. The predicted octanol–water partition coefficient (Wildman–Crippen LogP) is 5.33. The van der Waals surface area contributed by atoms with Gasteiger partial charge in [-0.15, -0.1) is 0 Å². The van der Waals surface area contributed by atoms with Crippen LogP contribution in [0.3, 0.4) is 0 Å². The Morgan fingerprint density at radius 2 is 1.45 bits per heavy atom. The summed E-state index contributed by atoms with van der Waals surface area (Å²) in [5.74, 6) is -0.0491. The zero-order chi connectivity index (χ0) is 20.9. The molecular weight excluding hydrogens is 358 g/mol. The van der Waals surface area contributed by atoms with Crippen LogP contribution in [0.1, 0.15) is 48.9 Å². The summed E-state index contributed by atoms with van der Waals surface area (Å²) < 4.78 is 0. The van der Waals surface area contributed by atoms with Crippen LogP contribution >= 0.6 is 0 Å². The Labute approximate surface area is 173 Å². The highest BCUT2D eigenvalue weighted by Crippen LogP contribution is 2.24. The summed E-state index contributed by atoms with van der Waals surface area (Å²) >= 11 is 0. The lowest BCUT2D eigenvalue weighted by molar-refractivity contribution is -0.122. The predicted molar refractivity (Wildman–Crippen MR) is 118 cm³/mol. The fourth-order valence-electron chi connectivity index (χ4n) is 3.35. The van der Waals surface area contributed by atoms with Gasteiger partial charge in [0, 0.05) is 6.54 Å². The Hall–Kier alpha value is -3.07. The number of rotatable bonds is 6. The van der Waals surface area contributed by atoms with Crippen molar-refractivity contribution in [3.8, 4) is 5.75 Å². The van der Waals surface area contributed by atoms with Crippen LogP contribution in [0.5, 0.6) is 5.75 Å². The fourth-order valence-corrected chi connectivity index (χ4v) is 3.35. The second kappa shape index (κ2) is 8.95. The number of amides is 1. The molecule has 1 atom stereocenters. The third-order valence-corrected chi connectivity index (χ3v) is 5.18. The van der Waals surface area contributed by atoms with Crippen molar-refractivity contribution in [3.05, 3.63) is 101 Å². The maximum atomic E-state index is 13.1. The highest BCUT2D eigenvalue weighted by atomic mass is 16.3. The Balaban J connectivity index is 1.72. The number of benzene rings is 3. The lowest BCUT2D eigenvalue weighted by Crippen LogP contribution is -2.30. The molecule has 0 aromatic heterocycles. The Morgan fingerprint density at radius 3 is 2.03 bits per heavy atom. The van der Waals surface area contributed by atoms with E-state index in [0.717, 1.165) is 16.7 Å². The molecule has 0 saturated carbocycles. The first-order valence-electron chi connectivity index (χ1n) is 10.0. The van der Waals surface area contributed by atoms with Gasteiger partial charge in [-0.2, -0.15) is 0 Å². The van der Waals surface area contributed by atoms with Crippen LogP contribution in [0, 0.1) is 0 Å². The molecule has 1 amide bonds. The normalized spacial score (nSPS) is 12.4. The zero-order valence-electron chi connectivity index (χ0n) is 17.4. The van der Waals surface area contributed by atoms with Crippen molar-refractivity contribution in [2.24, 2.45) is 0 Å². The van der Waals surface area contributed by atoms with E-state index in [-0.39, 0.29) is 23.0 Å². The van der Waals surface area contributed by atoms with E-state index in [9.17, 15) is 9.90 Å². The third-order valence-electron chi connectivity index (χ3n) is 5.18. The van der Waals surface area contributed by atoms with E-state index in [4.69, 9.17) is 0 Å². The van der Waals surface area contributed by atoms with E-state index in [1.807, 2.05) is 42.5 Å². The average Bonchev–Trinajstić information content (AvgIpc) is 2.72. The fraction of sp³-hybridized carbons (Fsp3) is 0.269. The summed E-state index contributed by atoms with van der Waals surface area (Å²) in [6.07, 6.45) is 0.582. The van der Waals surface area contributed by atoms with Crippen molar-refractivity contribution in [2.75, 3.05) is 0 Å². The maximum absolute atomic E-state index is 13.1. The van der Waals surface area contributed by atoms with Gasteiger partial charge in [0.1, 0.15) is 5.75 Å².